The SMILES string of the molecule is Cn1nc(C(=O)OC2CCCCCC2)c2ccccc2c1=O. The predicted octanol–water partition coefficient (Wildman–Crippen LogP) is 2.81. The van der Waals surface area contributed by atoms with Gasteiger partial charge in [-0.25, -0.2) is 9.48 Å². The zero-order chi connectivity index (χ0) is 15.5. The van der Waals surface area contributed by atoms with Gasteiger partial charge in [0.15, 0.2) is 5.69 Å². The Kier molecular flexibility index (Phi) is 4.22. The fraction of sp³-hybridized carbons (Fsp3) is 0.471. The molecule has 1 aliphatic rings. The van der Waals surface area contributed by atoms with E-state index in [2.05, 4.69) is 5.10 Å². The summed E-state index contributed by atoms with van der Waals surface area (Å²) in [5.41, 5.74) is 0.0172. The van der Waals surface area contributed by atoms with Gasteiger partial charge < -0.3 is 4.74 Å². The second-order valence-electron chi connectivity index (χ2n) is 5.84. The van der Waals surface area contributed by atoms with Crippen LogP contribution >= 0.6 is 0 Å². The first-order valence-electron chi connectivity index (χ1n) is 7.84. The minimum atomic E-state index is -0.432. The van der Waals surface area contributed by atoms with Gasteiger partial charge >= 0.3 is 5.97 Å². The smallest absolute Gasteiger partial charge is 0.359 e. The number of carbonyl (C=O) groups is 1. The van der Waals surface area contributed by atoms with Gasteiger partial charge in [-0.1, -0.05) is 31.0 Å². The monoisotopic (exact) mass is 300 g/mol. The number of hydrogen-bond donors (Lipinski definition) is 0. The second kappa shape index (κ2) is 6.30. The number of aryl methyl sites for hydroxylation is 1. The van der Waals surface area contributed by atoms with Crippen molar-refractivity contribution in [3.8, 4) is 0 Å². The van der Waals surface area contributed by atoms with E-state index >= 15 is 0 Å². The van der Waals surface area contributed by atoms with Crippen LogP contribution in [0.25, 0.3) is 10.8 Å². The Morgan fingerprint density at radius 1 is 1.14 bits per heavy atom. The standard InChI is InChI=1S/C17H20N2O3/c1-19-16(20)14-11-7-6-10-13(14)15(18-19)17(21)22-12-8-4-2-3-5-9-12/h6-7,10-12H,2-5,8-9H2,1H3. The van der Waals surface area contributed by atoms with E-state index < -0.39 is 5.97 Å². The summed E-state index contributed by atoms with van der Waals surface area (Å²) in [5, 5.41) is 5.17. The Morgan fingerprint density at radius 3 is 2.45 bits per heavy atom. The first-order chi connectivity index (χ1) is 10.7. The molecule has 0 saturated heterocycles. The molecule has 0 spiro atoms. The summed E-state index contributed by atoms with van der Waals surface area (Å²) in [6.45, 7) is 0. The van der Waals surface area contributed by atoms with Crippen LogP contribution in [-0.2, 0) is 11.8 Å². The lowest BCUT2D eigenvalue weighted by Gasteiger charge is -2.16. The van der Waals surface area contributed by atoms with Gasteiger partial charge in [0.1, 0.15) is 6.10 Å². The Hall–Kier alpha value is -2.17. The molecule has 0 bridgehead atoms. The van der Waals surface area contributed by atoms with Crippen LogP contribution in [0.2, 0.25) is 0 Å². The zero-order valence-electron chi connectivity index (χ0n) is 12.7. The van der Waals surface area contributed by atoms with E-state index in [0.717, 1.165) is 25.7 Å². The lowest BCUT2D eigenvalue weighted by atomic mass is 10.1. The number of aromatic nitrogens is 2. The van der Waals surface area contributed by atoms with Crippen molar-refractivity contribution in [3.05, 3.63) is 40.3 Å². The molecule has 5 heteroatoms. The Morgan fingerprint density at radius 2 is 1.77 bits per heavy atom. The highest BCUT2D eigenvalue weighted by atomic mass is 16.5. The van der Waals surface area contributed by atoms with E-state index in [1.165, 1.54) is 17.5 Å². The third-order valence-corrected chi connectivity index (χ3v) is 4.23. The first-order valence-corrected chi connectivity index (χ1v) is 7.84. The fourth-order valence-electron chi connectivity index (χ4n) is 3.02. The lowest BCUT2D eigenvalue weighted by molar-refractivity contribution is 0.0260. The summed E-state index contributed by atoms with van der Waals surface area (Å²) < 4.78 is 6.84. The maximum absolute atomic E-state index is 12.5. The molecule has 1 heterocycles. The Bertz CT molecular complexity index is 743. The van der Waals surface area contributed by atoms with Crippen molar-refractivity contribution in [3.63, 3.8) is 0 Å². The number of rotatable bonds is 2. The quantitative estimate of drug-likeness (QED) is 0.632. The van der Waals surface area contributed by atoms with Gasteiger partial charge in [-0.2, -0.15) is 5.10 Å². The van der Waals surface area contributed by atoms with Crippen LogP contribution in [0.4, 0.5) is 0 Å². The van der Waals surface area contributed by atoms with Crippen LogP contribution in [-0.4, -0.2) is 21.9 Å². The number of ether oxygens (including phenoxy) is 1. The highest BCUT2D eigenvalue weighted by Gasteiger charge is 2.21. The molecule has 1 aromatic heterocycles. The summed E-state index contributed by atoms with van der Waals surface area (Å²) in [5.74, 6) is -0.432. The highest BCUT2D eigenvalue weighted by molar-refractivity contribution is 6.02. The van der Waals surface area contributed by atoms with Crippen molar-refractivity contribution in [2.24, 2.45) is 7.05 Å². The Labute approximate surface area is 128 Å². The number of fused-ring (bicyclic) bond motifs is 1. The van der Waals surface area contributed by atoms with Crippen LogP contribution in [0.5, 0.6) is 0 Å². The average molecular weight is 300 g/mol. The van der Waals surface area contributed by atoms with Gasteiger partial charge in [0.05, 0.1) is 5.39 Å². The molecule has 1 aliphatic carbocycles. The maximum atomic E-state index is 12.5. The minimum absolute atomic E-state index is 0.0344. The molecule has 0 N–H and O–H groups in total. The molecular weight excluding hydrogens is 280 g/mol. The maximum Gasteiger partial charge on any atom is 0.359 e. The van der Waals surface area contributed by atoms with E-state index in [1.807, 2.05) is 0 Å². The summed E-state index contributed by atoms with van der Waals surface area (Å²) in [6.07, 6.45) is 6.39. The van der Waals surface area contributed by atoms with Crippen molar-refractivity contribution in [1.82, 2.24) is 9.78 Å². The molecule has 0 radical (unpaired) electrons. The van der Waals surface area contributed by atoms with Gasteiger partial charge in [0.2, 0.25) is 0 Å². The van der Waals surface area contributed by atoms with Gasteiger partial charge in [-0.3, -0.25) is 4.79 Å². The van der Waals surface area contributed by atoms with E-state index in [9.17, 15) is 9.59 Å². The highest BCUT2D eigenvalue weighted by Crippen LogP contribution is 2.22. The molecule has 1 aromatic carbocycles. The largest absolute Gasteiger partial charge is 0.458 e. The molecule has 0 amide bonds. The predicted molar refractivity (Wildman–Crippen MR) is 83.9 cm³/mol. The van der Waals surface area contributed by atoms with Crippen molar-refractivity contribution < 1.29 is 9.53 Å². The van der Waals surface area contributed by atoms with Crippen LogP contribution in [0, 0.1) is 0 Å². The zero-order valence-corrected chi connectivity index (χ0v) is 12.7. The van der Waals surface area contributed by atoms with Crippen LogP contribution < -0.4 is 5.56 Å². The second-order valence-corrected chi connectivity index (χ2v) is 5.84. The number of benzene rings is 1. The molecule has 0 atom stereocenters. The van der Waals surface area contributed by atoms with Crippen LogP contribution in [0.1, 0.15) is 49.0 Å². The molecule has 5 nitrogen and oxygen atoms in total. The summed E-state index contributed by atoms with van der Waals surface area (Å²) in [4.78, 5) is 24.6. The number of nitrogens with zero attached hydrogens (tertiary/aromatic N) is 2. The number of hydrogen-bond acceptors (Lipinski definition) is 4. The molecule has 116 valence electrons. The van der Waals surface area contributed by atoms with Gasteiger partial charge in [-0.05, 0) is 31.7 Å². The third-order valence-electron chi connectivity index (χ3n) is 4.23. The van der Waals surface area contributed by atoms with Crippen LogP contribution in [0.3, 0.4) is 0 Å². The van der Waals surface area contributed by atoms with Crippen molar-refractivity contribution in [1.29, 1.82) is 0 Å². The van der Waals surface area contributed by atoms with Crippen LogP contribution in [0.15, 0.2) is 29.1 Å². The Balaban J connectivity index is 1.93. The van der Waals surface area contributed by atoms with Crippen molar-refractivity contribution in [2.45, 2.75) is 44.6 Å². The number of esters is 1. The third kappa shape index (κ3) is 2.89. The molecule has 1 fully saturated rings. The molecule has 2 aromatic rings. The first kappa shape index (κ1) is 14.8. The van der Waals surface area contributed by atoms with Gasteiger partial charge in [0.25, 0.3) is 5.56 Å². The lowest BCUT2D eigenvalue weighted by Crippen LogP contribution is -2.25. The molecular formula is C17H20N2O3. The van der Waals surface area contributed by atoms with E-state index in [1.54, 1.807) is 31.3 Å². The summed E-state index contributed by atoms with van der Waals surface area (Å²) in [6, 6.07) is 7.03. The molecule has 3 rings (SSSR count). The molecule has 0 unspecified atom stereocenters. The van der Waals surface area contributed by atoms with Crippen molar-refractivity contribution >= 4 is 16.7 Å². The normalized spacial score (nSPS) is 16.4. The number of carbonyl (C=O) groups excluding carboxylic acids is 1. The summed E-state index contributed by atoms with van der Waals surface area (Å²) in [7, 11) is 1.55. The van der Waals surface area contributed by atoms with E-state index in [4.69, 9.17) is 4.74 Å². The molecule has 1 saturated carbocycles. The average Bonchev–Trinajstić information content (AvgIpc) is 2.79. The van der Waals surface area contributed by atoms with E-state index in [0.29, 0.717) is 10.8 Å². The molecule has 22 heavy (non-hydrogen) atoms. The topological polar surface area (TPSA) is 61.2 Å². The fourth-order valence-corrected chi connectivity index (χ4v) is 3.02. The van der Waals surface area contributed by atoms with E-state index in [-0.39, 0.29) is 17.4 Å². The van der Waals surface area contributed by atoms with Crippen molar-refractivity contribution in [2.75, 3.05) is 0 Å². The van der Waals surface area contributed by atoms with Gasteiger partial charge in [0, 0.05) is 12.4 Å². The van der Waals surface area contributed by atoms with Gasteiger partial charge in [-0.15, -0.1) is 0 Å². The summed E-state index contributed by atoms with van der Waals surface area (Å²) >= 11 is 0. The molecule has 0 aliphatic heterocycles. The minimum Gasteiger partial charge on any atom is -0.458 e.